The third-order valence-corrected chi connectivity index (χ3v) is 7.50. The Labute approximate surface area is 216 Å². The fourth-order valence-corrected chi connectivity index (χ4v) is 5.71. The van der Waals surface area contributed by atoms with E-state index in [-0.39, 0.29) is 29.0 Å². The summed E-state index contributed by atoms with van der Waals surface area (Å²) in [6, 6.07) is 9.44. The highest BCUT2D eigenvalue weighted by molar-refractivity contribution is 8.00. The van der Waals surface area contributed by atoms with Gasteiger partial charge in [0.15, 0.2) is 24.7 Å². The fourth-order valence-electron chi connectivity index (χ4n) is 4.38. The molecule has 2 unspecified atom stereocenters. The normalized spacial score (nSPS) is 22.9. The van der Waals surface area contributed by atoms with Crippen LogP contribution in [0, 0.1) is 0 Å². The van der Waals surface area contributed by atoms with Crippen molar-refractivity contribution in [1.29, 1.82) is 0 Å². The van der Waals surface area contributed by atoms with E-state index in [1.54, 1.807) is 18.2 Å². The third kappa shape index (κ3) is 5.05. The fraction of sp³-hybridized carbons (Fsp3) is 0.280. The summed E-state index contributed by atoms with van der Waals surface area (Å²) in [5, 5.41) is 16.1. The molecule has 2 amide bonds. The molecule has 3 aliphatic rings. The molecule has 1 saturated heterocycles. The second kappa shape index (κ2) is 10.4. The molecule has 0 spiro atoms. The lowest BCUT2D eigenvalue weighted by Crippen LogP contribution is -2.71. The maximum atomic E-state index is 13.3. The molecule has 11 nitrogen and oxygen atoms in total. The molecule has 3 atom stereocenters. The van der Waals surface area contributed by atoms with Crippen LogP contribution in [0.25, 0.3) is 0 Å². The summed E-state index contributed by atoms with van der Waals surface area (Å²) >= 11 is 1.40. The number of carboxylic acids is 1. The molecule has 2 aromatic heterocycles. The topological polar surface area (TPSA) is 151 Å². The van der Waals surface area contributed by atoms with Gasteiger partial charge >= 0.3 is 5.97 Å². The van der Waals surface area contributed by atoms with Crippen LogP contribution in [0.4, 0.5) is 5.82 Å². The number of nitrogens with zero attached hydrogens (tertiary/aromatic N) is 4. The Balaban J connectivity index is 1.35. The summed E-state index contributed by atoms with van der Waals surface area (Å²) in [7, 11) is 0. The number of carboxylic acid groups (broad SMARTS) is 1. The summed E-state index contributed by atoms with van der Waals surface area (Å²) < 4.78 is 1.85. The minimum Gasteiger partial charge on any atom is -0.477 e. The Kier molecular flexibility index (Phi) is 6.91. The van der Waals surface area contributed by atoms with Gasteiger partial charge in [0, 0.05) is 23.5 Å². The molecule has 2 aromatic rings. The van der Waals surface area contributed by atoms with Crippen LogP contribution in [0.1, 0.15) is 18.5 Å². The number of allylic oxidation sites excluding steroid dienone is 1. The molecule has 0 saturated carbocycles. The van der Waals surface area contributed by atoms with Crippen LogP contribution in [-0.4, -0.2) is 61.8 Å². The zero-order valence-electron chi connectivity index (χ0n) is 19.7. The van der Waals surface area contributed by atoms with Crippen molar-refractivity contribution in [2.75, 3.05) is 11.5 Å². The lowest BCUT2D eigenvalue weighted by molar-refractivity contribution is -0.689. The molecule has 4 N–H and O–H groups in total. The van der Waals surface area contributed by atoms with E-state index >= 15 is 0 Å². The van der Waals surface area contributed by atoms with E-state index in [0.717, 1.165) is 12.8 Å². The first kappa shape index (κ1) is 24.5. The number of aliphatic carboxylic acids is 1. The highest BCUT2D eigenvalue weighted by Gasteiger charge is 2.54. The van der Waals surface area contributed by atoms with Gasteiger partial charge in [-0.2, -0.15) is 0 Å². The summed E-state index contributed by atoms with van der Waals surface area (Å²) in [6.07, 6.45) is 8.83. The second-order valence-corrected chi connectivity index (χ2v) is 9.81. The Hall–Kier alpha value is -4.19. The number of hydrogen-bond donors (Lipinski definition) is 3. The van der Waals surface area contributed by atoms with E-state index < -0.39 is 29.2 Å². The summed E-state index contributed by atoms with van der Waals surface area (Å²) in [4.78, 5) is 49.5. The van der Waals surface area contributed by atoms with E-state index in [0.29, 0.717) is 17.9 Å². The minimum absolute atomic E-state index is 0.0432. The van der Waals surface area contributed by atoms with E-state index in [2.05, 4.69) is 15.5 Å². The number of amides is 2. The molecular formula is C25H25N6O5S+. The number of rotatable bonds is 8. The number of carbonyl (C=O) groups excluding carboxylic acids is 2. The third-order valence-electron chi connectivity index (χ3n) is 6.16. The van der Waals surface area contributed by atoms with Crippen molar-refractivity contribution in [1.82, 2.24) is 15.2 Å². The number of β-lactam (4-membered cyclic amide) rings is 1. The van der Waals surface area contributed by atoms with E-state index in [9.17, 15) is 19.5 Å². The SMILES string of the molecule is Nc1cccc(/C(=N/OC2C=CCC2)C(=O)NC2C(=O)N3C(C(=O)O)=C(C[n+]4ccccc4)CS[C@H]23)n1. The number of carbonyl (C=O) groups is 3. The monoisotopic (exact) mass is 521 g/mol. The average molecular weight is 522 g/mol. The Morgan fingerprint density at radius 1 is 1.27 bits per heavy atom. The zero-order valence-corrected chi connectivity index (χ0v) is 20.5. The molecule has 1 aliphatic carbocycles. The van der Waals surface area contributed by atoms with Gasteiger partial charge in [0.05, 0.1) is 0 Å². The van der Waals surface area contributed by atoms with Crippen molar-refractivity contribution >= 4 is 41.1 Å². The number of nitrogen functional groups attached to an aromatic ring is 1. The van der Waals surface area contributed by atoms with Gasteiger partial charge in [-0.25, -0.2) is 14.3 Å². The largest absolute Gasteiger partial charge is 0.477 e. The molecule has 0 bridgehead atoms. The van der Waals surface area contributed by atoms with Crippen molar-refractivity contribution < 1.29 is 28.9 Å². The number of hydrogen-bond acceptors (Lipinski definition) is 8. The molecule has 12 heteroatoms. The number of pyridine rings is 2. The van der Waals surface area contributed by atoms with Crippen LogP contribution in [0.2, 0.25) is 0 Å². The van der Waals surface area contributed by atoms with Crippen molar-refractivity contribution in [2.45, 2.75) is 36.9 Å². The predicted octanol–water partition coefficient (Wildman–Crippen LogP) is 0.829. The van der Waals surface area contributed by atoms with Gasteiger partial charge < -0.3 is 21.0 Å². The van der Waals surface area contributed by atoms with Crippen LogP contribution in [0.5, 0.6) is 0 Å². The van der Waals surface area contributed by atoms with Crippen LogP contribution in [0.3, 0.4) is 0 Å². The van der Waals surface area contributed by atoms with Gasteiger partial charge in [-0.15, -0.1) is 11.8 Å². The number of nitrogens with two attached hydrogens (primary N) is 1. The summed E-state index contributed by atoms with van der Waals surface area (Å²) in [5.74, 6) is -1.74. The highest BCUT2D eigenvalue weighted by atomic mass is 32.2. The number of aromatic nitrogens is 2. The van der Waals surface area contributed by atoms with Crippen LogP contribution in [0.15, 0.2) is 77.4 Å². The van der Waals surface area contributed by atoms with Gasteiger partial charge in [-0.05, 0) is 31.1 Å². The first-order valence-corrected chi connectivity index (χ1v) is 12.8. The maximum Gasteiger partial charge on any atom is 0.352 e. The molecule has 4 heterocycles. The number of anilines is 1. The minimum atomic E-state index is -1.18. The second-order valence-electron chi connectivity index (χ2n) is 8.70. The molecule has 190 valence electrons. The zero-order chi connectivity index (χ0) is 25.9. The number of thioether (sulfide) groups is 1. The number of oxime groups is 1. The van der Waals surface area contributed by atoms with E-state index in [4.69, 9.17) is 10.6 Å². The van der Waals surface area contributed by atoms with E-state index in [1.807, 2.05) is 47.3 Å². The van der Waals surface area contributed by atoms with Crippen LogP contribution in [-0.2, 0) is 25.8 Å². The molecular weight excluding hydrogens is 496 g/mol. The van der Waals surface area contributed by atoms with Crippen LogP contribution < -0.4 is 15.6 Å². The Morgan fingerprint density at radius 2 is 2.08 bits per heavy atom. The average Bonchev–Trinajstić information content (AvgIpc) is 3.41. The highest BCUT2D eigenvalue weighted by Crippen LogP contribution is 2.40. The first-order chi connectivity index (χ1) is 17.9. The van der Waals surface area contributed by atoms with Gasteiger partial charge in [-0.3, -0.25) is 14.5 Å². The molecule has 0 radical (unpaired) electrons. The van der Waals surface area contributed by atoms with Gasteiger partial charge in [-0.1, -0.05) is 23.4 Å². The molecule has 2 aliphatic heterocycles. The smallest absolute Gasteiger partial charge is 0.352 e. The standard InChI is InChI=1S/C25H24N6O5S/c26-18-10-6-9-17(27-18)19(29-36-16-7-2-3-8-16)22(32)28-20-23(33)31-21(25(34)35)15(14-37-24(20)31)13-30-11-4-1-5-12-30/h1-2,4-7,9-12,16,20,24H,3,8,13-14H2,(H3-,26,27,28,32,34,35)/p+1/b29-19-/t16?,20?,24-/m1/s1. The lowest BCUT2D eigenvalue weighted by atomic mass is 10.0. The van der Waals surface area contributed by atoms with E-state index in [1.165, 1.54) is 16.7 Å². The maximum absolute atomic E-state index is 13.3. The first-order valence-electron chi connectivity index (χ1n) is 11.7. The van der Waals surface area contributed by atoms with Crippen molar-refractivity contribution in [3.8, 4) is 0 Å². The quantitative estimate of drug-likeness (QED) is 0.152. The van der Waals surface area contributed by atoms with Crippen molar-refractivity contribution in [2.24, 2.45) is 5.16 Å². The predicted molar refractivity (Wildman–Crippen MR) is 135 cm³/mol. The van der Waals surface area contributed by atoms with Gasteiger partial charge in [0.1, 0.15) is 34.7 Å². The van der Waals surface area contributed by atoms with Crippen LogP contribution >= 0.6 is 11.8 Å². The van der Waals surface area contributed by atoms with Gasteiger partial charge in [0.25, 0.3) is 11.8 Å². The lowest BCUT2D eigenvalue weighted by Gasteiger charge is -2.49. The summed E-state index contributed by atoms with van der Waals surface area (Å²) in [5.41, 5.74) is 6.46. The van der Waals surface area contributed by atoms with Gasteiger partial charge in [0.2, 0.25) is 0 Å². The summed E-state index contributed by atoms with van der Waals surface area (Å²) in [6.45, 7) is 0.341. The molecule has 0 aromatic carbocycles. The molecule has 1 fully saturated rings. The molecule has 5 rings (SSSR count). The molecule has 37 heavy (non-hydrogen) atoms. The van der Waals surface area contributed by atoms with Crippen molar-refractivity contribution in [3.63, 3.8) is 0 Å². The van der Waals surface area contributed by atoms with Crippen molar-refractivity contribution in [3.05, 3.63) is 77.9 Å². The number of nitrogens with one attached hydrogen (secondary N) is 1. The Morgan fingerprint density at radius 3 is 2.78 bits per heavy atom. The Bertz CT molecular complexity index is 1330. The number of fused-ring (bicyclic) bond motifs is 1.